The quantitative estimate of drug-likeness (QED) is 0.466. The molecule has 2 nitrogen and oxygen atoms in total. The van der Waals surface area contributed by atoms with Gasteiger partial charge < -0.3 is 33.8 Å². The average molecular weight is 376 g/mol. The molecule has 1 rings (SSSR count). The minimum atomic E-state index is -0.515. The van der Waals surface area contributed by atoms with E-state index < -0.39 is 6.10 Å². The van der Waals surface area contributed by atoms with Gasteiger partial charge in [0.05, 0.1) is 11.9 Å². The van der Waals surface area contributed by atoms with Gasteiger partial charge in [-0.05, 0) is 38.7 Å². The molecule has 0 aromatic rings. The van der Waals surface area contributed by atoms with Gasteiger partial charge in [-0.1, -0.05) is 6.92 Å². The molecule has 0 spiro atoms. The third-order valence-electron chi connectivity index (χ3n) is 2.27. The van der Waals surface area contributed by atoms with Crippen molar-refractivity contribution in [2.75, 3.05) is 0 Å². The number of hydrogen-bond acceptors (Lipinski definition) is 2. The Hall–Kier alpha value is 0.853. The molecule has 0 unspecified atom stereocenters. The minimum absolute atomic E-state index is 0. The van der Waals surface area contributed by atoms with E-state index in [1.54, 1.807) is 6.92 Å². The second-order valence-electron chi connectivity index (χ2n) is 3.89. The molecule has 2 atom stereocenters. The summed E-state index contributed by atoms with van der Waals surface area (Å²) >= 11 is 0. The Kier molecular flexibility index (Phi) is 12.2. The van der Waals surface area contributed by atoms with Crippen molar-refractivity contribution in [2.24, 2.45) is 0 Å². The van der Waals surface area contributed by atoms with Gasteiger partial charge in [0.15, 0.2) is 0 Å². The molecule has 4 heteroatoms. The van der Waals surface area contributed by atoms with Crippen LogP contribution < -0.4 is 29.1 Å². The summed E-state index contributed by atoms with van der Waals surface area (Å²) in [7, 11) is 0. The van der Waals surface area contributed by atoms with Gasteiger partial charge in [-0.2, -0.15) is 0 Å². The first-order chi connectivity index (χ1) is 6.18. The van der Waals surface area contributed by atoms with E-state index in [4.69, 9.17) is 4.74 Å². The van der Waals surface area contributed by atoms with Gasteiger partial charge in [0.2, 0.25) is 0 Å². The summed E-state index contributed by atoms with van der Waals surface area (Å²) in [5.74, 6) is 1.10. The molecule has 0 radical (unpaired) electrons. The summed E-state index contributed by atoms with van der Waals surface area (Å²) in [4.78, 5) is 0. The normalized spacial score (nSPS) is 19.0. The Morgan fingerprint density at radius 1 is 1.40 bits per heavy atom. The van der Waals surface area contributed by atoms with Crippen LogP contribution in [0.4, 0.5) is 0 Å². The van der Waals surface area contributed by atoms with E-state index in [9.17, 15) is 5.11 Å². The van der Waals surface area contributed by atoms with E-state index in [1.165, 1.54) is 12.8 Å². The maximum atomic E-state index is 10.9. The summed E-state index contributed by atoms with van der Waals surface area (Å²) in [6, 6.07) is 0. The number of hydrogen-bond donors (Lipinski definition) is 0. The van der Waals surface area contributed by atoms with Gasteiger partial charge in [0.1, 0.15) is 0 Å². The molecule has 0 heterocycles. The predicted molar refractivity (Wildman–Crippen MR) is 51.2 cm³/mol. The van der Waals surface area contributed by atoms with Gasteiger partial charge >= 0.3 is 19.5 Å². The fourth-order valence-corrected chi connectivity index (χ4v) is 1.69. The standard InChI is InChI=1S/C11H19O2.HI.Zn/c1-9(12)8-10(2)13-11-6-4-3-5-7-11;;/h6,9-10H,3-5,7-8H2,1-2H3;1H;/q-1;;+2/p-1/t9-,10-;;/m1../s1. The van der Waals surface area contributed by atoms with Crippen LogP contribution in [0.25, 0.3) is 0 Å². The monoisotopic (exact) mass is 374 g/mol. The summed E-state index contributed by atoms with van der Waals surface area (Å²) in [6.07, 6.45) is 7.03. The van der Waals surface area contributed by atoms with Crippen LogP contribution in [0.5, 0.6) is 0 Å². The molecule has 15 heavy (non-hydrogen) atoms. The van der Waals surface area contributed by atoms with Crippen molar-refractivity contribution in [3.63, 3.8) is 0 Å². The second-order valence-corrected chi connectivity index (χ2v) is 3.89. The summed E-state index contributed by atoms with van der Waals surface area (Å²) < 4.78 is 5.66. The van der Waals surface area contributed by atoms with E-state index in [1.807, 2.05) is 6.92 Å². The Morgan fingerprint density at radius 3 is 2.53 bits per heavy atom. The summed E-state index contributed by atoms with van der Waals surface area (Å²) in [5, 5.41) is 10.9. The van der Waals surface area contributed by atoms with Crippen molar-refractivity contribution >= 4 is 0 Å². The van der Waals surface area contributed by atoms with E-state index >= 15 is 0 Å². The molecule has 0 aliphatic heterocycles. The van der Waals surface area contributed by atoms with Gasteiger partial charge in [-0.15, -0.1) is 6.10 Å². The first kappa shape index (κ1) is 18.2. The van der Waals surface area contributed by atoms with Crippen LogP contribution >= 0.6 is 0 Å². The molecule has 0 amide bonds. The second kappa shape index (κ2) is 10.0. The van der Waals surface area contributed by atoms with E-state index in [0.29, 0.717) is 6.42 Å². The molecule has 1 aliphatic rings. The van der Waals surface area contributed by atoms with Crippen molar-refractivity contribution in [2.45, 2.75) is 58.2 Å². The maximum absolute atomic E-state index is 10.9. The fourth-order valence-electron chi connectivity index (χ4n) is 1.69. The Balaban J connectivity index is 0. The van der Waals surface area contributed by atoms with E-state index in [-0.39, 0.29) is 49.6 Å². The molecule has 0 saturated carbocycles. The van der Waals surface area contributed by atoms with Crippen molar-refractivity contribution in [1.29, 1.82) is 0 Å². The average Bonchev–Trinajstić information content (AvgIpc) is 2.04. The zero-order chi connectivity index (χ0) is 9.68. The molecule has 84 valence electrons. The predicted octanol–water partition coefficient (Wildman–Crippen LogP) is -1.01. The SMILES string of the molecule is C[C@H](C[C@@H](C)[O-])OC1=CCCCC1.[I-].[Zn+2]. The van der Waals surface area contributed by atoms with Crippen LogP contribution in [0.2, 0.25) is 0 Å². The third-order valence-corrected chi connectivity index (χ3v) is 2.27. The van der Waals surface area contributed by atoms with E-state index in [2.05, 4.69) is 6.08 Å². The summed E-state index contributed by atoms with van der Waals surface area (Å²) in [5.41, 5.74) is 0. The van der Waals surface area contributed by atoms with Crippen LogP contribution in [-0.2, 0) is 24.2 Å². The maximum Gasteiger partial charge on any atom is 2.00 e. The molecule has 0 aromatic carbocycles. The van der Waals surface area contributed by atoms with Crippen molar-refractivity contribution in [1.82, 2.24) is 0 Å². The van der Waals surface area contributed by atoms with E-state index in [0.717, 1.165) is 18.6 Å². The number of halogens is 1. The number of allylic oxidation sites excluding steroid dienone is 2. The topological polar surface area (TPSA) is 32.3 Å². The van der Waals surface area contributed by atoms with Crippen LogP contribution in [0.3, 0.4) is 0 Å². The summed E-state index contributed by atoms with van der Waals surface area (Å²) in [6.45, 7) is 3.67. The van der Waals surface area contributed by atoms with Gasteiger partial charge in [0.25, 0.3) is 0 Å². The molecular weight excluding hydrogens is 356 g/mol. The van der Waals surface area contributed by atoms with Crippen LogP contribution in [-0.4, -0.2) is 12.2 Å². The first-order valence-corrected chi connectivity index (χ1v) is 5.20. The fraction of sp³-hybridized carbons (Fsp3) is 0.818. The van der Waals surface area contributed by atoms with Crippen LogP contribution in [0.1, 0.15) is 46.0 Å². The van der Waals surface area contributed by atoms with Crippen LogP contribution in [0, 0.1) is 0 Å². The first-order valence-electron chi connectivity index (χ1n) is 5.20. The Morgan fingerprint density at radius 2 is 2.07 bits per heavy atom. The Labute approximate surface area is 123 Å². The van der Waals surface area contributed by atoms with Crippen LogP contribution in [0.15, 0.2) is 11.8 Å². The number of rotatable bonds is 4. The minimum Gasteiger partial charge on any atom is -1.00 e. The molecule has 0 N–H and O–H groups in total. The molecule has 1 aliphatic carbocycles. The molecule has 0 bridgehead atoms. The van der Waals surface area contributed by atoms with Gasteiger partial charge in [-0.25, -0.2) is 0 Å². The largest absolute Gasteiger partial charge is 2.00 e. The number of ether oxygens (including phenoxy) is 1. The third kappa shape index (κ3) is 8.64. The molecule has 0 fully saturated rings. The van der Waals surface area contributed by atoms with Crippen molar-refractivity contribution in [3.05, 3.63) is 11.8 Å². The molecule has 0 saturated heterocycles. The Bertz CT molecular complexity index is 183. The smallest absolute Gasteiger partial charge is 1.00 e. The van der Waals surface area contributed by atoms with Gasteiger partial charge in [-0.3, -0.25) is 0 Å². The molecular formula is C11H19IO2Zn. The van der Waals surface area contributed by atoms with Crippen molar-refractivity contribution in [3.8, 4) is 0 Å². The molecule has 0 aromatic heterocycles. The zero-order valence-electron chi connectivity index (χ0n) is 9.67. The zero-order valence-corrected chi connectivity index (χ0v) is 14.8. The van der Waals surface area contributed by atoms with Crippen molar-refractivity contribution < 1.29 is 53.3 Å². The van der Waals surface area contributed by atoms with Gasteiger partial charge in [0, 0.05) is 6.42 Å².